The smallest absolute Gasteiger partial charge is 0.315 e. The van der Waals surface area contributed by atoms with Gasteiger partial charge in [-0.15, -0.1) is 0 Å². The van der Waals surface area contributed by atoms with Crippen LogP contribution in [0.2, 0.25) is 0 Å². The van der Waals surface area contributed by atoms with E-state index in [9.17, 15) is 4.79 Å². The minimum Gasteiger partial charge on any atom is -0.351 e. The van der Waals surface area contributed by atoms with Crippen LogP contribution >= 0.6 is 0 Å². The van der Waals surface area contributed by atoms with E-state index in [1.165, 1.54) is 0 Å². The minimum atomic E-state index is -0.434. The Labute approximate surface area is 89.9 Å². The Hall–Kier alpha value is -1.55. The SMILES string of the molecule is CC(N)CN(Cc1ccccc1)C(N)=O. The normalized spacial score (nSPS) is 12.1. The molecule has 0 heterocycles. The van der Waals surface area contributed by atoms with Gasteiger partial charge in [0.2, 0.25) is 0 Å². The first-order valence-corrected chi connectivity index (χ1v) is 4.93. The number of hydrogen-bond acceptors (Lipinski definition) is 2. The third kappa shape index (κ3) is 3.99. The molecular weight excluding hydrogens is 190 g/mol. The summed E-state index contributed by atoms with van der Waals surface area (Å²) >= 11 is 0. The lowest BCUT2D eigenvalue weighted by molar-refractivity contribution is 0.202. The Bertz CT molecular complexity index is 311. The van der Waals surface area contributed by atoms with Gasteiger partial charge >= 0.3 is 6.03 Å². The number of hydrogen-bond donors (Lipinski definition) is 2. The topological polar surface area (TPSA) is 72.3 Å². The molecule has 0 radical (unpaired) electrons. The molecular formula is C11H17N3O. The fourth-order valence-corrected chi connectivity index (χ4v) is 1.38. The summed E-state index contributed by atoms with van der Waals surface area (Å²) in [7, 11) is 0. The van der Waals surface area contributed by atoms with Crippen molar-refractivity contribution in [2.24, 2.45) is 11.5 Å². The average molecular weight is 207 g/mol. The fraction of sp³-hybridized carbons (Fsp3) is 0.364. The lowest BCUT2D eigenvalue weighted by Crippen LogP contribution is -2.42. The average Bonchev–Trinajstić information content (AvgIpc) is 2.17. The molecule has 1 rings (SSSR count). The second-order valence-corrected chi connectivity index (χ2v) is 3.68. The summed E-state index contributed by atoms with van der Waals surface area (Å²) in [5, 5.41) is 0. The van der Waals surface area contributed by atoms with Crippen molar-refractivity contribution in [2.45, 2.75) is 19.5 Å². The minimum absolute atomic E-state index is 0.0683. The lowest BCUT2D eigenvalue weighted by Gasteiger charge is -2.22. The first-order valence-electron chi connectivity index (χ1n) is 4.93. The Morgan fingerprint density at radius 1 is 1.40 bits per heavy atom. The van der Waals surface area contributed by atoms with Gasteiger partial charge in [-0.1, -0.05) is 30.3 Å². The van der Waals surface area contributed by atoms with Gasteiger partial charge in [0, 0.05) is 19.1 Å². The number of urea groups is 1. The molecule has 4 N–H and O–H groups in total. The van der Waals surface area contributed by atoms with E-state index in [0.717, 1.165) is 5.56 Å². The van der Waals surface area contributed by atoms with Gasteiger partial charge in [0.15, 0.2) is 0 Å². The van der Waals surface area contributed by atoms with Crippen molar-refractivity contribution in [1.29, 1.82) is 0 Å². The van der Waals surface area contributed by atoms with Gasteiger partial charge in [0.25, 0.3) is 0 Å². The molecule has 0 saturated heterocycles. The molecule has 82 valence electrons. The Kier molecular flexibility index (Phi) is 4.12. The Balaban J connectivity index is 2.63. The largest absolute Gasteiger partial charge is 0.351 e. The fourth-order valence-electron chi connectivity index (χ4n) is 1.38. The second-order valence-electron chi connectivity index (χ2n) is 3.68. The van der Waals surface area contributed by atoms with E-state index in [1.54, 1.807) is 4.90 Å². The van der Waals surface area contributed by atoms with Crippen LogP contribution in [-0.2, 0) is 6.54 Å². The number of carbonyl (C=O) groups excluding carboxylic acids is 1. The number of primary amides is 1. The van der Waals surface area contributed by atoms with Crippen LogP contribution in [0, 0.1) is 0 Å². The first-order chi connectivity index (χ1) is 7.09. The molecule has 0 saturated carbocycles. The maximum atomic E-state index is 11.1. The van der Waals surface area contributed by atoms with E-state index >= 15 is 0 Å². The van der Waals surface area contributed by atoms with Crippen LogP contribution < -0.4 is 11.5 Å². The molecule has 0 aliphatic rings. The van der Waals surface area contributed by atoms with E-state index in [-0.39, 0.29) is 6.04 Å². The number of nitrogens with zero attached hydrogens (tertiary/aromatic N) is 1. The molecule has 0 aliphatic heterocycles. The third-order valence-corrected chi connectivity index (χ3v) is 2.04. The Morgan fingerprint density at radius 2 is 2.00 bits per heavy atom. The van der Waals surface area contributed by atoms with Crippen LogP contribution in [0.3, 0.4) is 0 Å². The molecule has 0 fully saturated rings. The summed E-state index contributed by atoms with van der Waals surface area (Å²) in [6, 6.07) is 9.20. The van der Waals surface area contributed by atoms with E-state index in [1.807, 2.05) is 37.3 Å². The van der Waals surface area contributed by atoms with Crippen LogP contribution in [-0.4, -0.2) is 23.5 Å². The molecule has 0 spiro atoms. The van der Waals surface area contributed by atoms with Gasteiger partial charge < -0.3 is 16.4 Å². The lowest BCUT2D eigenvalue weighted by atomic mass is 10.2. The summed E-state index contributed by atoms with van der Waals surface area (Å²) < 4.78 is 0. The number of benzene rings is 1. The monoisotopic (exact) mass is 207 g/mol. The molecule has 4 heteroatoms. The summed E-state index contributed by atoms with van der Waals surface area (Å²) in [5.74, 6) is 0. The number of rotatable bonds is 4. The van der Waals surface area contributed by atoms with Crippen molar-refractivity contribution in [3.05, 3.63) is 35.9 Å². The highest BCUT2D eigenvalue weighted by Gasteiger charge is 2.11. The van der Waals surface area contributed by atoms with Gasteiger partial charge in [0.05, 0.1) is 0 Å². The van der Waals surface area contributed by atoms with E-state index in [0.29, 0.717) is 13.1 Å². The molecule has 4 nitrogen and oxygen atoms in total. The zero-order valence-electron chi connectivity index (χ0n) is 8.89. The van der Waals surface area contributed by atoms with Crippen LogP contribution in [0.4, 0.5) is 4.79 Å². The van der Waals surface area contributed by atoms with Crippen molar-refractivity contribution >= 4 is 6.03 Å². The Morgan fingerprint density at radius 3 is 2.47 bits per heavy atom. The third-order valence-electron chi connectivity index (χ3n) is 2.04. The molecule has 1 unspecified atom stereocenters. The predicted octanol–water partition coefficient (Wildman–Crippen LogP) is 0.914. The van der Waals surface area contributed by atoms with Gasteiger partial charge in [-0.25, -0.2) is 4.79 Å². The predicted molar refractivity (Wildman–Crippen MR) is 60.1 cm³/mol. The second kappa shape index (κ2) is 5.36. The summed E-state index contributed by atoms with van der Waals surface area (Å²) in [6.07, 6.45) is 0. The van der Waals surface area contributed by atoms with Gasteiger partial charge in [-0.3, -0.25) is 0 Å². The highest BCUT2D eigenvalue weighted by atomic mass is 16.2. The molecule has 1 aromatic rings. The number of amides is 2. The summed E-state index contributed by atoms with van der Waals surface area (Å²) in [5.41, 5.74) is 12.0. The molecule has 0 aliphatic carbocycles. The van der Waals surface area contributed by atoms with Gasteiger partial charge in [-0.05, 0) is 12.5 Å². The quantitative estimate of drug-likeness (QED) is 0.770. The highest BCUT2D eigenvalue weighted by Crippen LogP contribution is 2.04. The molecule has 0 bridgehead atoms. The van der Waals surface area contributed by atoms with Crippen molar-refractivity contribution in [3.8, 4) is 0 Å². The molecule has 1 atom stereocenters. The van der Waals surface area contributed by atoms with Crippen molar-refractivity contribution in [1.82, 2.24) is 4.90 Å². The van der Waals surface area contributed by atoms with E-state index in [4.69, 9.17) is 11.5 Å². The number of nitrogens with two attached hydrogens (primary N) is 2. The number of carbonyl (C=O) groups is 1. The maximum Gasteiger partial charge on any atom is 0.315 e. The summed E-state index contributed by atoms with van der Waals surface area (Å²) in [4.78, 5) is 12.7. The van der Waals surface area contributed by atoms with Crippen LogP contribution in [0.5, 0.6) is 0 Å². The van der Waals surface area contributed by atoms with Crippen LogP contribution in [0.15, 0.2) is 30.3 Å². The van der Waals surface area contributed by atoms with Gasteiger partial charge in [0.1, 0.15) is 0 Å². The van der Waals surface area contributed by atoms with Gasteiger partial charge in [-0.2, -0.15) is 0 Å². The van der Waals surface area contributed by atoms with Crippen molar-refractivity contribution in [2.75, 3.05) is 6.54 Å². The zero-order valence-corrected chi connectivity index (χ0v) is 8.89. The standard InChI is InChI=1S/C11H17N3O/c1-9(12)7-14(11(13)15)8-10-5-3-2-4-6-10/h2-6,9H,7-8,12H2,1H3,(H2,13,15). The molecule has 15 heavy (non-hydrogen) atoms. The van der Waals surface area contributed by atoms with E-state index < -0.39 is 6.03 Å². The first kappa shape index (κ1) is 11.5. The zero-order chi connectivity index (χ0) is 11.3. The molecule has 0 aromatic heterocycles. The van der Waals surface area contributed by atoms with Crippen molar-refractivity contribution in [3.63, 3.8) is 0 Å². The molecule has 1 aromatic carbocycles. The van der Waals surface area contributed by atoms with E-state index in [2.05, 4.69) is 0 Å². The van der Waals surface area contributed by atoms with Crippen molar-refractivity contribution < 1.29 is 4.79 Å². The van der Waals surface area contributed by atoms with Crippen LogP contribution in [0.25, 0.3) is 0 Å². The van der Waals surface area contributed by atoms with Crippen LogP contribution in [0.1, 0.15) is 12.5 Å². The molecule has 2 amide bonds. The maximum absolute atomic E-state index is 11.1. The summed E-state index contributed by atoms with van der Waals surface area (Å²) in [6.45, 7) is 2.84. The highest BCUT2D eigenvalue weighted by molar-refractivity contribution is 5.72.